The minimum Gasteiger partial charge on any atom is -0.393 e. The van der Waals surface area contributed by atoms with Gasteiger partial charge in [-0.1, -0.05) is 48.0 Å². The number of hydrogen-bond donors (Lipinski definition) is 4. The first-order valence-corrected chi connectivity index (χ1v) is 14.3. The lowest BCUT2D eigenvalue weighted by atomic mass is 9.96. The Kier molecular flexibility index (Phi) is 8.61. The fraction of sp³-hybridized carbons (Fsp3) is 0.185. The Hall–Kier alpha value is -3.12. The van der Waals surface area contributed by atoms with E-state index in [4.69, 9.17) is 11.6 Å². The van der Waals surface area contributed by atoms with E-state index in [0.29, 0.717) is 5.56 Å². The van der Waals surface area contributed by atoms with Crippen LogP contribution >= 0.6 is 22.9 Å². The smallest absolute Gasteiger partial charge is 0.243 e. The Labute approximate surface area is 230 Å². The maximum atomic E-state index is 10.9. The zero-order valence-corrected chi connectivity index (χ0v) is 23.1. The number of H-pyrrole nitrogens is 1. The monoisotopic (exact) mass is 570 g/mol. The van der Waals surface area contributed by atoms with Crippen LogP contribution in [0.15, 0.2) is 84.1 Å². The number of fused-ring (bicyclic) bond motifs is 1. The van der Waals surface area contributed by atoms with Gasteiger partial charge in [0.1, 0.15) is 10.5 Å². The van der Waals surface area contributed by atoms with Crippen LogP contribution in [0.1, 0.15) is 22.9 Å². The number of aliphatic hydroxyl groups is 2. The van der Waals surface area contributed by atoms with E-state index in [1.807, 2.05) is 36.4 Å². The number of aromatic amines is 1. The summed E-state index contributed by atoms with van der Waals surface area (Å²) in [7, 11) is -1.95. The van der Waals surface area contributed by atoms with Gasteiger partial charge in [0.05, 0.1) is 18.5 Å². The maximum absolute atomic E-state index is 10.9. The molecule has 1 unspecified atom stereocenters. The van der Waals surface area contributed by atoms with E-state index in [0.717, 1.165) is 38.4 Å². The molecular formula is C27H27ClN4O4S2. The molecule has 0 bridgehead atoms. The number of rotatable bonds is 7. The summed E-state index contributed by atoms with van der Waals surface area (Å²) in [6, 6.07) is 19.8. The first-order valence-electron chi connectivity index (χ1n) is 11.6. The zero-order chi connectivity index (χ0) is 27.3. The first-order chi connectivity index (χ1) is 18.1. The average Bonchev–Trinajstić information content (AvgIpc) is 3.61. The van der Waals surface area contributed by atoms with Gasteiger partial charge in [-0.3, -0.25) is 10.1 Å². The summed E-state index contributed by atoms with van der Waals surface area (Å²) in [5.74, 6) is 0. The number of hydrogen-bond acceptors (Lipinski definition) is 7. The fourth-order valence-corrected chi connectivity index (χ4v) is 5.78. The number of pyridine rings is 1. The van der Waals surface area contributed by atoms with Crippen LogP contribution in [-0.4, -0.2) is 47.5 Å². The van der Waals surface area contributed by atoms with E-state index in [2.05, 4.69) is 38.1 Å². The number of sulfonamides is 1. The molecule has 4 N–H and O–H groups in total. The second-order valence-electron chi connectivity index (χ2n) is 8.71. The van der Waals surface area contributed by atoms with Gasteiger partial charge in [-0.2, -0.15) is 5.10 Å². The van der Waals surface area contributed by atoms with Crippen molar-refractivity contribution in [2.45, 2.75) is 23.8 Å². The molecule has 8 nitrogen and oxygen atoms in total. The molecule has 0 amide bonds. The number of nitrogens with one attached hydrogen (secondary N) is 2. The van der Waals surface area contributed by atoms with Crippen molar-refractivity contribution < 1.29 is 18.6 Å². The molecule has 38 heavy (non-hydrogen) atoms. The summed E-state index contributed by atoms with van der Waals surface area (Å²) in [5, 5.41) is 27.7. The van der Waals surface area contributed by atoms with Crippen LogP contribution in [0.25, 0.3) is 21.3 Å². The highest BCUT2D eigenvalue weighted by molar-refractivity contribution is 7.89. The largest absolute Gasteiger partial charge is 0.393 e. The maximum Gasteiger partial charge on any atom is 0.243 e. The number of thiophene rings is 1. The van der Waals surface area contributed by atoms with Crippen LogP contribution in [-0.2, 0) is 22.0 Å². The number of aromatic nitrogens is 3. The normalized spacial score (nSPS) is 13.1. The van der Waals surface area contributed by atoms with Crippen molar-refractivity contribution in [1.29, 1.82) is 0 Å². The van der Waals surface area contributed by atoms with Crippen LogP contribution in [0.3, 0.4) is 0 Å². The molecule has 1 atom stereocenters. The second kappa shape index (κ2) is 11.7. The summed E-state index contributed by atoms with van der Waals surface area (Å²) in [6.45, 7) is 1.25. The minimum absolute atomic E-state index is 0.148. The molecule has 0 aliphatic heterocycles. The van der Waals surface area contributed by atoms with Crippen LogP contribution in [0.4, 0.5) is 0 Å². The summed E-state index contributed by atoms with van der Waals surface area (Å²) in [6.07, 6.45) is 5.01. The first kappa shape index (κ1) is 27.9. The van der Waals surface area contributed by atoms with Crippen LogP contribution < -0.4 is 4.72 Å². The number of halogens is 1. The predicted octanol–water partition coefficient (Wildman–Crippen LogP) is 4.73. The molecule has 11 heteroatoms. The molecule has 3 heterocycles. The number of nitrogens with zero attached hydrogens (tertiary/aromatic N) is 2. The Morgan fingerprint density at radius 3 is 2.61 bits per heavy atom. The standard InChI is InChI=1S/C23H20ClNO2S.C4H7N3O2S/c1-23(27,14-26)17-9-10-25-21(13-17)19-7-4-6-16-12-18(28-22(16)19)11-15-5-2-3-8-20(15)24;1-5-10(8,9)4-2-6-7-3-4/h2-10,12-13,26-27H,11,14H2,1H3;2-3,5H,1H3,(H,6,7). The van der Waals surface area contributed by atoms with E-state index in [1.54, 1.807) is 30.5 Å². The van der Waals surface area contributed by atoms with Gasteiger partial charge in [-0.05, 0) is 54.8 Å². The van der Waals surface area contributed by atoms with Crippen LogP contribution in [0.2, 0.25) is 5.02 Å². The van der Waals surface area contributed by atoms with Crippen molar-refractivity contribution in [2.24, 2.45) is 0 Å². The molecule has 0 spiro atoms. The van der Waals surface area contributed by atoms with Gasteiger partial charge in [-0.15, -0.1) is 11.3 Å². The Balaban J connectivity index is 0.000000283. The quantitative estimate of drug-likeness (QED) is 0.224. The van der Waals surface area contributed by atoms with E-state index in [9.17, 15) is 18.6 Å². The van der Waals surface area contributed by atoms with Crippen LogP contribution in [0.5, 0.6) is 0 Å². The van der Waals surface area contributed by atoms with Gasteiger partial charge in [0.25, 0.3) is 0 Å². The van der Waals surface area contributed by atoms with Gasteiger partial charge in [0, 0.05) is 39.0 Å². The molecule has 3 aromatic heterocycles. The fourth-order valence-electron chi connectivity index (χ4n) is 3.74. The molecule has 0 fully saturated rings. The lowest BCUT2D eigenvalue weighted by molar-refractivity contribution is -0.00230. The third kappa shape index (κ3) is 6.29. The third-order valence-corrected chi connectivity index (χ3v) is 8.87. The van der Waals surface area contributed by atoms with Gasteiger partial charge < -0.3 is 10.2 Å². The SMILES string of the molecule is CC(O)(CO)c1ccnc(-c2cccc3cc(Cc4ccccc4Cl)sc23)c1.CNS(=O)(=O)c1cn[nH]c1. The van der Waals surface area contributed by atoms with Crippen molar-refractivity contribution in [3.63, 3.8) is 0 Å². The Morgan fingerprint density at radius 2 is 1.92 bits per heavy atom. The highest BCUT2D eigenvalue weighted by atomic mass is 35.5. The van der Waals surface area contributed by atoms with E-state index in [-0.39, 0.29) is 11.5 Å². The Bertz CT molecular complexity index is 1630. The van der Waals surface area contributed by atoms with E-state index < -0.39 is 15.6 Å². The van der Waals surface area contributed by atoms with Crippen molar-refractivity contribution in [3.05, 3.63) is 100 Å². The van der Waals surface area contributed by atoms with E-state index in [1.165, 1.54) is 24.3 Å². The molecule has 5 rings (SSSR count). The summed E-state index contributed by atoms with van der Waals surface area (Å²) < 4.78 is 25.1. The molecule has 0 aliphatic rings. The van der Waals surface area contributed by atoms with Gasteiger partial charge in [-0.25, -0.2) is 13.1 Å². The molecule has 0 saturated carbocycles. The molecule has 5 aromatic rings. The van der Waals surface area contributed by atoms with Crippen molar-refractivity contribution in [1.82, 2.24) is 19.9 Å². The molecule has 0 saturated heterocycles. The van der Waals surface area contributed by atoms with Crippen LogP contribution in [0, 0.1) is 0 Å². The summed E-state index contributed by atoms with van der Waals surface area (Å²) in [4.78, 5) is 5.89. The second-order valence-corrected chi connectivity index (χ2v) is 12.1. The topological polar surface area (TPSA) is 128 Å². The minimum atomic E-state index is -3.30. The lowest BCUT2D eigenvalue weighted by Gasteiger charge is -2.21. The third-order valence-electron chi connectivity index (χ3n) is 5.94. The average molecular weight is 571 g/mol. The molecule has 0 radical (unpaired) electrons. The van der Waals surface area contributed by atoms with Crippen molar-refractivity contribution in [2.75, 3.05) is 13.7 Å². The number of benzene rings is 2. The molecule has 0 aliphatic carbocycles. The molecular weight excluding hydrogens is 544 g/mol. The van der Waals surface area contributed by atoms with Crippen molar-refractivity contribution >= 4 is 43.0 Å². The highest BCUT2D eigenvalue weighted by Gasteiger charge is 2.23. The van der Waals surface area contributed by atoms with Gasteiger partial charge >= 0.3 is 0 Å². The highest BCUT2D eigenvalue weighted by Crippen LogP contribution is 2.36. The van der Waals surface area contributed by atoms with Gasteiger partial charge in [0.2, 0.25) is 10.0 Å². The summed E-state index contributed by atoms with van der Waals surface area (Å²) >= 11 is 8.06. The predicted molar refractivity (Wildman–Crippen MR) is 151 cm³/mol. The van der Waals surface area contributed by atoms with Gasteiger partial charge in [0.15, 0.2) is 0 Å². The van der Waals surface area contributed by atoms with Crippen molar-refractivity contribution in [3.8, 4) is 11.3 Å². The lowest BCUT2D eigenvalue weighted by Crippen LogP contribution is -2.25. The summed E-state index contributed by atoms with van der Waals surface area (Å²) in [5.41, 5.74) is 2.25. The number of aliphatic hydroxyl groups excluding tert-OH is 1. The zero-order valence-electron chi connectivity index (χ0n) is 20.7. The molecule has 198 valence electrons. The Morgan fingerprint density at radius 1 is 1.13 bits per heavy atom. The van der Waals surface area contributed by atoms with E-state index >= 15 is 0 Å². The molecule has 2 aromatic carbocycles.